The number of pyridine rings is 1. The Morgan fingerprint density at radius 1 is 1.13 bits per heavy atom. The lowest BCUT2D eigenvalue weighted by molar-refractivity contribution is -0.136. The summed E-state index contributed by atoms with van der Waals surface area (Å²) in [5, 5.41) is 8.95. The van der Waals surface area contributed by atoms with E-state index in [2.05, 4.69) is 4.98 Å². The highest BCUT2D eigenvalue weighted by atomic mass is 32.2. The van der Waals surface area contributed by atoms with Gasteiger partial charge >= 0.3 is 5.97 Å². The van der Waals surface area contributed by atoms with Gasteiger partial charge in [0.05, 0.1) is 17.0 Å². The number of benzene rings is 1. The molecular formula is C20H22F3N3O4S. The molecule has 1 aliphatic rings. The molecule has 1 fully saturated rings. The number of aromatic nitrogens is 1. The Hall–Kier alpha value is -2.66. The predicted molar refractivity (Wildman–Crippen MR) is 107 cm³/mol. The van der Waals surface area contributed by atoms with E-state index in [1.165, 1.54) is 40.4 Å². The van der Waals surface area contributed by atoms with Gasteiger partial charge in [-0.25, -0.2) is 22.2 Å². The molecule has 1 aliphatic heterocycles. The van der Waals surface area contributed by atoms with Crippen LogP contribution in [0, 0.1) is 24.4 Å². The van der Waals surface area contributed by atoms with Gasteiger partial charge in [-0.05, 0) is 38.5 Å². The number of rotatable bonds is 5. The van der Waals surface area contributed by atoms with Gasteiger partial charge < -0.3 is 10.0 Å². The van der Waals surface area contributed by atoms with E-state index in [0.29, 0.717) is 5.56 Å². The Labute approximate surface area is 178 Å². The fourth-order valence-electron chi connectivity index (χ4n) is 3.68. The fraction of sp³-hybridized carbons (Fsp3) is 0.400. The molecule has 3 rings (SSSR count). The highest BCUT2D eigenvalue weighted by Crippen LogP contribution is 2.31. The number of sulfonamides is 1. The summed E-state index contributed by atoms with van der Waals surface area (Å²) in [6.07, 6.45) is -0.316. The Morgan fingerprint density at radius 3 is 2.45 bits per heavy atom. The molecule has 7 nitrogen and oxygen atoms in total. The number of halogens is 3. The number of aliphatic carboxylic acids is 1. The van der Waals surface area contributed by atoms with Gasteiger partial charge in [-0.1, -0.05) is 12.1 Å². The summed E-state index contributed by atoms with van der Waals surface area (Å²) in [6.45, 7) is 4.45. The number of aryl methyl sites for hydroxylation is 1. The van der Waals surface area contributed by atoms with Gasteiger partial charge in [0, 0.05) is 25.2 Å². The molecule has 31 heavy (non-hydrogen) atoms. The highest BCUT2D eigenvalue weighted by Gasteiger charge is 2.40. The number of hydrogen-bond acceptors (Lipinski definition) is 5. The molecule has 0 aliphatic carbocycles. The number of piperazine rings is 1. The molecule has 2 unspecified atom stereocenters. The summed E-state index contributed by atoms with van der Waals surface area (Å²) < 4.78 is 69.5. The van der Waals surface area contributed by atoms with Crippen LogP contribution in [-0.2, 0) is 21.2 Å². The van der Waals surface area contributed by atoms with Gasteiger partial charge in [0.2, 0.25) is 15.8 Å². The van der Waals surface area contributed by atoms with Gasteiger partial charge in [-0.2, -0.15) is 8.70 Å². The smallest absolute Gasteiger partial charge is 0.307 e. The molecule has 2 aromatic rings. The maximum Gasteiger partial charge on any atom is 0.307 e. The minimum Gasteiger partial charge on any atom is -0.481 e. The van der Waals surface area contributed by atoms with E-state index in [0.717, 1.165) is 0 Å². The summed E-state index contributed by atoms with van der Waals surface area (Å²) in [6, 6.07) is 4.43. The third-order valence-corrected chi connectivity index (χ3v) is 7.49. The fourth-order valence-corrected chi connectivity index (χ4v) is 5.44. The molecule has 0 spiro atoms. The zero-order valence-corrected chi connectivity index (χ0v) is 18.0. The maximum absolute atomic E-state index is 14.4. The van der Waals surface area contributed by atoms with Crippen molar-refractivity contribution in [1.82, 2.24) is 9.29 Å². The summed E-state index contributed by atoms with van der Waals surface area (Å²) in [7, 11) is -3.98. The predicted octanol–water partition coefficient (Wildman–Crippen LogP) is 2.72. The van der Waals surface area contributed by atoms with Crippen LogP contribution in [0.15, 0.2) is 29.2 Å². The number of hydrogen-bond donors (Lipinski definition) is 1. The van der Waals surface area contributed by atoms with Gasteiger partial charge in [-0.3, -0.25) is 4.79 Å². The van der Waals surface area contributed by atoms with E-state index < -0.39 is 45.5 Å². The van der Waals surface area contributed by atoms with Gasteiger partial charge in [-0.15, -0.1) is 0 Å². The molecule has 11 heteroatoms. The molecule has 1 aromatic carbocycles. The average molecular weight is 457 g/mol. The summed E-state index contributed by atoms with van der Waals surface area (Å²) in [5.41, 5.74) is 0.0514. The number of nitrogens with zero attached hydrogens (tertiary/aromatic N) is 3. The highest BCUT2D eigenvalue weighted by molar-refractivity contribution is 7.89. The SMILES string of the molecule is Cc1nc(N2CCN(S(=O)(=O)c3cccc(CC(=O)O)c3)C(C)C2C)c(F)c(F)c1F. The third-order valence-electron chi connectivity index (χ3n) is 5.51. The Morgan fingerprint density at radius 2 is 1.81 bits per heavy atom. The van der Waals surface area contributed by atoms with Crippen LogP contribution in [0.5, 0.6) is 0 Å². The number of carboxylic acid groups (broad SMARTS) is 1. The largest absolute Gasteiger partial charge is 0.481 e. The molecule has 2 heterocycles. The van der Waals surface area contributed by atoms with Crippen LogP contribution < -0.4 is 4.90 Å². The van der Waals surface area contributed by atoms with Crippen LogP contribution in [0.4, 0.5) is 19.0 Å². The van der Waals surface area contributed by atoms with E-state index in [1.807, 2.05) is 0 Å². The summed E-state index contributed by atoms with van der Waals surface area (Å²) in [5.74, 6) is -5.84. The lowest BCUT2D eigenvalue weighted by Crippen LogP contribution is -2.59. The second-order valence-corrected chi connectivity index (χ2v) is 9.36. The minimum absolute atomic E-state index is 0.00792. The van der Waals surface area contributed by atoms with Crippen LogP contribution in [0.2, 0.25) is 0 Å². The lowest BCUT2D eigenvalue weighted by Gasteiger charge is -2.44. The van der Waals surface area contributed by atoms with Crippen molar-refractivity contribution in [2.75, 3.05) is 18.0 Å². The second kappa shape index (κ2) is 8.46. The van der Waals surface area contributed by atoms with E-state index in [-0.39, 0.29) is 35.9 Å². The number of carboxylic acids is 1. The molecule has 0 radical (unpaired) electrons. The molecule has 0 bridgehead atoms. The molecule has 1 aromatic heterocycles. The first kappa shape index (κ1) is 23.0. The Kier molecular flexibility index (Phi) is 6.28. The monoisotopic (exact) mass is 457 g/mol. The quantitative estimate of drug-likeness (QED) is 0.743. The molecule has 1 saturated heterocycles. The van der Waals surface area contributed by atoms with E-state index in [1.54, 1.807) is 13.8 Å². The van der Waals surface area contributed by atoms with Crippen molar-refractivity contribution in [2.45, 2.75) is 44.2 Å². The Balaban J connectivity index is 1.91. The van der Waals surface area contributed by atoms with E-state index in [4.69, 9.17) is 5.11 Å². The van der Waals surface area contributed by atoms with Crippen molar-refractivity contribution in [3.63, 3.8) is 0 Å². The maximum atomic E-state index is 14.4. The molecule has 0 saturated carbocycles. The number of anilines is 1. The van der Waals surface area contributed by atoms with Crippen LogP contribution in [0.1, 0.15) is 25.1 Å². The summed E-state index contributed by atoms with van der Waals surface area (Å²) >= 11 is 0. The first-order valence-corrected chi connectivity index (χ1v) is 11.0. The van der Waals surface area contributed by atoms with Gasteiger partial charge in [0.25, 0.3) is 0 Å². The zero-order valence-electron chi connectivity index (χ0n) is 17.1. The molecular weight excluding hydrogens is 435 g/mol. The molecule has 0 amide bonds. The first-order chi connectivity index (χ1) is 14.4. The average Bonchev–Trinajstić information content (AvgIpc) is 2.71. The van der Waals surface area contributed by atoms with Crippen molar-refractivity contribution < 1.29 is 31.5 Å². The van der Waals surface area contributed by atoms with Crippen molar-refractivity contribution in [3.05, 3.63) is 53.0 Å². The zero-order chi connectivity index (χ0) is 23.1. The van der Waals surface area contributed by atoms with Crippen LogP contribution >= 0.6 is 0 Å². The topological polar surface area (TPSA) is 90.8 Å². The number of carbonyl (C=O) groups is 1. The Bertz CT molecular complexity index is 1130. The van der Waals surface area contributed by atoms with Crippen molar-refractivity contribution in [2.24, 2.45) is 0 Å². The van der Waals surface area contributed by atoms with Gasteiger partial charge in [0.1, 0.15) is 0 Å². The molecule has 1 N–H and O–H groups in total. The first-order valence-electron chi connectivity index (χ1n) is 9.55. The van der Waals surface area contributed by atoms with Crippen molar-refractivity contribution >= 4 is 21.8 Å². The summed E-state index contributed by atoms with van der Waals surface area (Å²) in [4.78, 5) is 16.1. The second-order valence-electron chi connectivity index (χ2n) is 7.47. The van der Waals surface area contributed by atoms with Crippen LogP contribution in [0.3, 0.4) is 0 Å². The third kappa shape index (κ3) is 4.24. The molecule has 2 atom stereocenters. The van der Waals surface area contributed by atoms with E-state index in [9.17, 15) is 26.4 Å². The van der Waals surface area contributed by atoms with Crippen LogP contribution in [0.25, 0.3) is 0 Å². The van der Waals surface area contributed by atoms with Crippen molar-refractivity contribution in [1.29, 1.82) is 0 Å². The van der Waals surface area contributed by atoms with E-state index >= 15 is 0 Å². The van der Waals surface area contributed by atoms with Crippen molar-refractivity contribution in [3.8, 4) is 0 Å². The minimum atomic E-state index is -3.98. The van der Waals surface area contributed by atoms with Crippen LogP contribution in [-0.4, -0.2) is 54.0 Å². The normalized spacial score (nSPS) is 20.1. The standard InChI is InChI=1S/C20H22F3N3O4S/c1-11-17(21)18(22)19(23)20(24-11)25-7-8-26(13(3)12(25)2)31(29,30)15-6-4-5-14(9-15)10-16(27)28/h4-6,9,12-13H,7-8,10H2,1-3H3,(H,27,28). The lowest BCUT2D eigenvalue weighted by atomic mass is 10.1. The van der Waals surface area contributed by atoms with Gasteiger partial charge in [0.15, 0.2) is 17.5 Å². The molecule has 168 valence electrons.